The minimum absolute atomic E-state index is 0.735. The van der Waals surface area contributed by atoms with Gasteiger partial charge in [0.1, 0.15) is 0 Å². The molecule has 0 saturated carbocycles. The molecule has 0 aliphatic rings. The van der Waals surface area contributed by atoms with Gasteiger partial charge >= 0.3 is 0 Å². The lowest BCUT2D eigenvalue weighted by atomic mass is 10.4. The summed E-state index contributed by atoms with van der Waals surface area (Å²) in [6, 6.07) is 1.95. The van der Waals surface area contributed by atoms with Gasteiger partial charge in [0.05, 0.1) is 10.7 Å². The van der Waals surface area contributed by atoms with Crippen molar-refractivity contribution in [3.63, 3.8) is 0 Å². The number of halogens is 1. The van der Waals surface area contributed by atoms with Crippen LogP contribution in [-0.4, -0.2) is 14.2 Å². The maximum atomic E-state index is 5.87. The summed E-state index contributed by atoms with van der Waals surface area (Å²) < 4.78 is 5.80. The van der Waals surface area contributed by atoms with Crippen LogP contribution in [0.15, 0.2) is 17.6 Å². The molecule has 0 saturated heterocycles. The summed E-state index contributed by atoms with van der Waals surface area (Å²) in [5.74, 6) is 0. The van der Waals surface area contributed by atoms with Crippen LogP contribution in [0.4, 0.5) is 0 Å². The highest BCUT2D eigenvalue weighted by Gasteiger charge is 2.01. The zero-order valence-corrected chi connectivity index (χ0v) is 9.85. The lowest BCUT2D eigenvalue weighted by molar-refractivity contribution is 0.644. The van der Waals surface area contributed by atoms with Crippen molar-refractivity contribution in [2.45, 2.75) is 13.1 Å². The first-order chi connectivity index (χ1) is 7.25. The van der Waals surface area contributed by atoms with Crippen LogP contribution in [0.2, 0.25) is 5.02 Å². The molecule has 0 aliphatic heterocycles. The zero-order valence-electron chi connectivity index (χ0n) is 8.27. The van der Waals surface area contributed by atoms with Gasteiger partial charge in [0, 0.05) is 37.4 Å². The molecule has 0 unspecified atom stereocenters. The van der Waals surface area contributed by atoms with Crippen molar-refractivity contribution < 1.29 is 0 Å². The summed E-state index contributed by atoms with van der Waals surface area (Å²) in [6.07, 6.45) is 1.89. The van der Waals surface area contributed by atoms with E-state index in [1.165, 1.54) is 11.5 Å². The minimum Gasteiger partial charge on any atom is -0.352 e. The van der Waals surface area contributed by atoms with Gasteiger partial charge in [-0.05, 0) is 17.6 Å². The van der Waals surface area contributed by atoms with Gasteiger partial charge in [-0.1, -0.05) is 16.1 Å². The lowest BCUT2D eigenvalue weighted by Crippen LogP contribution is -2.14. The molecule has 15 heavy (non-hydrogen) atoms. The molecular weight excluding hydrogens is 232 g/mol. The largest absolute Gasteiger partial charge is 0.352 e. The maximum absolute atomic E-state index is 5.87. The van der Waals surface area contributed by atoms with E-state index < -0.39 is 0 Å². The average Bonchev–Trinajstić information content (AvgIpc) is 2.77. The first-order valence-electron chi connectivity index (χ1n) is 4.53. The molecule has 2 aromatic heterocycles. The maximum Gasteiger partial charge on any atom is 0.0893 e. The van der Waals surface area contributed by atoms with Crippen LogP contribution in [0.25, 0.3) is 0 Å². The van der Waals surface area contributed by atoms with Crippen molar-refractivity contribution in [3.8, 4) is 0 Å². The van der Waals surface area contributed by atoms with Gasteiger partial charge in [-0.2, -0.15) is 0 Å². The monoisotopic (exact) mass is 242 g/mol. The fraction of sp³-hybridized carbons (Fsp3) is 0.333. The molecule has 2 aromatic rings. The summed E-state index contributed by atoms with van der Waals surface area (Å²) in [5, 5.41) is 9.93. The minimum atomic E-state index is 0.735. The lowest BCUT2D eigenvalue weighted by Gasteiger charge is -2.03. The van der Waals surface area contributed by atoms with E-state index >= 15 is 0 Å². The molecule has 0 amide bonds. The fourth-order valence-corrected chi connectivity index (χ4v) is 2.05. The van der Waals surface area contributed by atoms with Crippen molar-refractivity contribution in [1.29, 1.82) is 0 Å². The number of hydrogen-bond donors (Lipinski definition) is 1. The summed E-state index contributed by atoms with van der Waals surface area (Å²) in [5.41, 5.74) is 2.13. The van der Waals surface area contributed by atoms with Crippen molar-refractivity contribution in [2.24, 2.45) is 7.05 Å². The van der Waals surface area contributed by atoms with Crippen molar-refractivity contribution in [2.75, 3.05) is 0 Å². The summed E-state index contributed by atoms with van der Waals surface area (Å²) in [6.45, 7) is 1.51. The van der Waals surface area contributed by atoms with Crippen LogP contribution in [0, 0.1) is 0 Å². The van der Waals surface area contributed by atoms with E-state index in [1.54, 1.807) is 0 Å². The Labute approximate surface area is 97.0 Å². The second-order valence-electron chi connectivity index (χ2n) is 3.26. The standard InChI is InChI=1S/C9H11ClN4S/c1-14-5-7(10)2-9(14)4-11-3-8-6-15-13-12-8/h2,5-6,11H,3-4H2,1H3. The Hall–Kier alpha value is -0.910. The first kappa shape index (κ1) is 10.6. The van der Waals surface area contributed by atoms with Gasteiger partial charge < -0.3 is 9.88 Å². The van der Waals surface area contributed by atoms with E-state index in [1.807, 2.05) is 29.3 Å². The number of nitrogens with one attached hydrogen (secondary N) is 1. The van der Waals surface area contributed by atoms with Gasteiger partial charge in [-0.25, -0.2) is 0 Å². The number of hydrogen-bond acceptors (Lipinski definition) is 4. The average molecular weight is 243 g/mol. The molecule has 0 spiro atoms. The Morgan fingerprint density at radius 2 is 2.40 bits per heavy atom. The molecule has 80 valence electrons. The summed E-state index contributed by atoms with van der Waals surface area (Å²) >= 11 is 7.24. The van der Waals surface area contributed by atoms with E-state index in [2.05, 4.69) is 14.9 Å². The highest BCUT2D eigenvalue weighted by molar-refractivity contribution is 7.03. The molecule has 0 fully saturated rings. The third-order valence-corrected chi connectivity index (χ3v) is 2.85. The number of rotatable bonds is 4. The third-order valence-electron chi connectivity index (χ3n) is 2.09. The van der Waals surface area contributed by atoms with Gasteiger partial charge in [-0.15, -0.1) is 5.10 Å². The molecule has 4 nitrogen and oxygen atoms in total. The molecule has 1 N–H and O–H groups in total. The molecule has 6 heteroatoms. The van der Waals surface area contributed by atoms with Crippen LogP contribution in [0.3, 0.4) is 0 Å². The highest BCUT2D eigenvalue weighted by Crippen LogP contribution is 2.12. The van der Waals surface area contributed by atoms with Crippen molar-refractivity contribution >= 4 is 23.1 Å². The van der Waals surface area contributed by atoms with E-state index in [4.69, 9.17) is 11.6 Å². The Kier molecular flexibility index (Phi) is 3.35. The Morgan fingerprint density at radius 3 is 3.00 bits per heavy atom. The van der Waals surface area contributed by atoms with Crippen LogP contribution >= 0.6 is 23.1 Å². The van der Waals surface area contributed by atoms with E-state index in [9.17, 15) is 0 Å². The van der Waals surface area contributed by atoms with Gasteiger partial charge in [0.2, 0.25) is 0 Å². The fourth-order valence-electron chi connectivity index (χ4n) is 1.32. The van der Waals surface area contributed by atoms with E-state index in [0.29, 0.717) is 0 Å². The van der Waals surface area contributed by atoms with Crippen LogP contribution in [0.5, 0.6) is 0 Å². The molecule has 0 aromatic carbocycles. The third kappa shape index (κ3) is 2.77. The van der Waals surface area contributed by atoms with Gasteiger partial charge in [0.25, 0.3) is 0 Å². The quantitative estimate of drug-likeness (QED) is 0.890. The van der Waals surface area contributed by atoms with E-state index in [0.717, 1.165) is 29.5 Å². The second-order valence-corrected chi connectivity index (χ2v) is 4.31. The smallest absolute Gasteiger partial charge is 0.0893 e. The molecule has 0 bridgehead atoms. The molecule has 2 heterocycles. The molecule has 2 rings (SSSR count). The van der Waals surface area contributed by atoms with Crippen LogP contribution in [0.1, 0.15) is 11.4 Å². The normalized spacial score (nSPS) is 10.8. The predicted molar refractivity (Wildman–Crippen MR) is 60.9 cm³/mol. The van der Waals surface area contributed by atoms with Crippen LogP contribution < -0.4 is 5.32 Å². The Bertz CT molecular complexity index is 423. The summed E-state index contributed by atoms with van der Waals surface area (Å²) in [7, 11) is 1.98. The number of nitrogens with zero attached hydrogens (tertiary/aromatic N) is 3. The predicted octanol–water partition coefficient (Wildman–Crippen LogP) is 1.82. The summed E-state index contributed by atoms with van der Waals surface area (Å²) in [4.78, 5) is 0. The van der Waals surface area contributed by atoms with Crippen molar-refractivity contribution in [1.82, 2.24) is 19.5 Å². The zero-order chi connectivity index (χ0) is 10.7. The highest BCUT2D eigenvalue weighted by atomic mass is 35.5. The second kappa shape index (κ2) is 4.74. The molecule has 0 atom stereocenters. The van der Waals surface area contributed by atoms with Crippen molar-refractivity contribution in [3.05, 3.63) is 34.1 Å². The Morgan fingerprint density at radius 1 is 1.53 bits per heavy atom. The number of aryl methyl sites for hydroxylation is 1. The van der Waals surface area contributed by atoms with Gasteiger partial charge in [0.15, 0.2) is 0 Å². The molecule has 0 radical (unpaired) electrons. The van der Waals surface area contributed by atoms with Crippen LogP contribution in [-0.2, 0) is 20.1 Å². The number of aromatic nitrogens is 3. The van der Waals surface area contributed by atoms with E-state index in [-0.39, 0.29) is 0 Å². The SMILES string of the molecule is Cn1cc(Cl)cc1CNCc1csnn1. The topological polar surface area (TPSA) is 42.7 Å². The Balaban J connectivity index is 1.86. The molecule has 0 aliphatic carbocycles. The molecular formula is C9H11ClN4S. The van der Waals surface area contributed by atoms with Gasteiger partial charge in [-0.3, -0.25) is 0 Å². The first-order valence-corrected chi connectivity index (χ1v) is 5.74.